The molecule has 29 heavy (non-hydrogen) atoms. The quantitative estimate of drug-likeness (QED) is 0.208. The molecule has 2 rings (SSSR count). The Bertz CT molecular complexity index is 892. The minimum Gasteiger partial charge on any atom is -0.498 e. The number of methoxy groups -OCH3 is 2. The lowest BCUT2D eigenvalue weighted by molar-refractivity contribution is -0.115. The normalized spacial score (nSPS) is 11.2. The van der Waals surface area contributed by atoms with E-state index in [1.807, 2.05) is 35.7 Å². The fourth-order valence-corrected chi connectivity index (χ4v) is 4.21. The highest BCUT2D eigenvalue weighted by Crippen LogP contribution is 2.23. The van der Waals surface area contributed by atoms with E-state index in [0.29, 0.717) is 13.0 Å². The maximum Gasteiger partial charge on any atom is 0.269 e. The molecule has 150 valence electrons. The van der Waals surface area contributed by atoms with E-state index in [-0.39, 0.29) is 18.0 Å². The van der Waals surface area contributed by atoms with Crippen LogP contribution in [0.15, 0.2) is 33.9 Å². The first-order valence-electron chi connectivity index (χ1n) is 9.27. The van der Waals surface area contributed by atoms with Crippen LogP contribution in [0.4, 0.5) is 0 Å². The van der Waals surface area contributed by atoms with Crippen molar-refractivity contribution >= 4 is 67.5 Å². The van der Waals surface area contributed by atoms with Gasteiger partial charge in [0.25, 0.3) is 5.91 Å². The predicted molar refractivity (Wildman–Crippen MR) is 128 cm³/mol. The zero-order valence-electron chi connectivity index (χ0n) is 17.4. The van der Waals surface area contributed by atoms with Gasteiger partial charge in [-0.1, -0.05) is 23.4 Å². The second kappa shape index (κ2) is 10.4. The first-order chi connectivity index (χ1) is 13.8. The van der Waals surface area contributed by atoms with Crippen LogP contribution in [-0.4, -0.2) is 61.1 Å². The average molecular weight is 457 g/mol. The average Bonchev–Trinajstić information content (AvgIpc) is 2.65. The number of nitrogens with zero attached hydrogens (tertiary/aromatic N) is 1. The molecule has 2 aromatic carbocycles. The number of hydrogen-bond acceptors (Lipinski definition) is 5. The second-order valence-electron chi connectivity index (χ2n) is 6.92. The highest BCUT2D eigenvalue weighted by atomic mass is 79.9. The third-order valence-electron chi connectivity index (χ3n) is 4.67. The Morgan fingerprint density at radius 3 is 2.10 bits per heavy atom. The van der Waals surface area contributed by atoms with Gasteiger partial charge in [-0.2, -0.15) is 0 Å². The van der Waals surface area contributed by atoms with Crippen molar-refractivity contribution in [3.63, 3.8) is 0 Å². The summed E-state index contributed by atoms with van der Waals surface area (Å²) in [6.45, 7) is 0.439. The zero-order chi connectivity index (χ0) is 21.6. The Hall–Kier alpha value is -2.35. The third kappa shape index (κ3) is 5.82. The maximum absolute atomic E-state index is 12.4. The predicted octanol–water partition coefficient (Wildman–Crippen LogP) is -2.03. The van der Waals surface area contributed by atoms with Gasteiger partial charge in [0.1, 0.15) is 40.7 Å². The van der Waals surface area contributed by atoms with Crippen LogP contribution in [-0.2, 0) is 17.6 Å². The largest absolute Gasteiger partial charge is 0.498 e. The van der Waals surface area contributed by atoms with Crippen molar-refractivity contribution in [3.8, 4) is 11.5 Å². The van der Waals surface area contributed by atoms with Crippen LogP contribution in [0.1, 0.15) is 11.1 Å². The van der Waals surface area contributed by atoms with E-state index in [0.717, 1.165) is 43.5 Å². The van der Waals surface area contributed by atoms with Gasteiger partial charge in [-0.25, -0.2) is 0 Å². The van der Waals surface area contributed by atoms with Gasteiger partial charge in [-0.3, -0.25) is 4.79 Å². The van der Waals surface area contributed by atoms with Crippen molar-refractivity contribution in [1.82, 2.24) is 5.32 Å². The number of nitrogens with one attached hydrogen (secondary N) is 1. The van der Waals surface area contributed by atoms with E-state index >= 15 is 0 Å². The highest BCUT2D eigenvalue weighted by Gasteiger charge is 2.15. The number of oxime groups is 1. The summed E-state index contributed by atoms with van der Waals surface area (Å²) >= 11 is 3.46. The van der Waals surface area contributed by atoms with E-state index in [1.54, 1.807) is 14.2 Å². The summed E-state index contributed by atoms with van der Waals surface area (Å²) in [5.41, 5.74) is 5.07. The Kier molecular flexibility index (Phi) is 8.26. The molecule has 6 nitrogen and oxygen atoms in total. The Balaban J connectivity index is 1.99. The summed E-state index contributed by atoms with van der Waals surface area (Å²) in [6, 6.07) is 7.87. The van der Waals surface area contributed by atoms with Crippen LogP contribution in [0.3, 0.4) is 0 Å². The summed E-state index contributed by atoms with van der Waals surface area (Å²) in [5.74, 6) is 1.23. The van der Waals surface area contributed by atoms with E-state index in [9.17, 15) is 10.0 Å². The van der Waals surface area contributed by atoms with E-state index < -0.39 is 0 Å². The van der Waals surface area contributed by atoms with Crippen molar-refractivity contribution in [2.75, 3.05) is 20.8 Å². The van der Waals surface area contributed by atoms with Crippen molar-refractivity contribution in [1.29, 1.82) is 0 Å². The van der Waals surface area contributed by atoms with Gasteiger partial charge in [0.2, 0.25) is 0 Å². The smallest absolute Gasteiger partial charge is 0.269 e. The molecule has 0 aliphatic heterocycles. The van der Waals surface area contributed by atoms with Crippen LogP contribution >= 0.6 is 15.9 Å². The molecule has 0 fully saturated rings. The van der Waals surface area contributed by atoms with Gasteiger partial charge >= 0.3 is 0 Å². The molecule has 0 bridgehead atoms. The molecular formula is C19H24B3BrN2O4. The molecule has 0 radical (unpaired) electrons. The molecule has 0 saturated heterocycles. The lowest BCUT2D eigenvalue weighted by atomic mass is 9.83. The first kappa shape index (κ1) is 22.9. The number of hydrogen-bond donors (Lipinski definition) is 2. The second-order valence-corrected chi connectivity index (χ2v) is 7.77. The first-order valence-corrected chi connectivity index (χ1v) is 10.1. The van der Waals surface area contributed by atoms with E-state index in [1.165, 1.54) is 0 Å². The molecule has 0 heterocycles. The lowest BCUT2D eigenvalue weighted by Crippen LogP contribution is -2.34. The SMILES string of the molecule is Bc1cc(CCNC(=O)/C(Cc2cc(B)c(OC)c(Br)c2)=N\O)cc(B)c1OC. The van der Waals surface area contributed by atoms with E-state index in [2.05, 4.69) is 38.5 Å². The molecule has 2 N–H and O–H groups in total. The molecule has 0 aliphatic rings. The van der Waals surface area contributed by atoms with Crippen molar-refractivity contribution < 1.29 is 19.5 Å². The fourth-order valence-electron chi connectivity index (χ4n) is 3.45. The van der Waals surface area contributed by atoms with Crippen LogP contribution < -0.4 is 31.2 Å². The van der Waals surface area contributed by atoms with Gasteiger partial charge in [-0.05, 0) is 55.9 Å². The van der Waals surface area contributed by atoms with Gasteiger partial charge in [0, 0.05) is 13.0 Å². The molecule has 0 unspecified atom stereocenters. The van der Waals surface area contributed by atoms with Crippen molar-refractivity contribution in [2.45, 2.75) is 12.8 Å². The number of ether oxygens (including phenoxy) is 2. The summed E-state index contributed by atoms with van der Waals surface area (Å²) in [7, 11) is 9.18. The molecule has 10 heteroatoms. The Morgan fingerprint density at radius 2 is 1.59 bits per heavy atom. The number of amides is 1. The monoisotopic (exact) mass is 456 g/mol. The molecule has 2 aromatic rings. The fraction of sp³-hybridized carbons (Fsp3) is 0.263. The number of carbonyl (C=O) groups excluding carboxylic acids is 1. The molecular weight excluding hydrogens is 433 g/mol. The van der Waals surface area contributed by atoms with Crippen LogP contribution in [0.5, 0.6) is 11.5 Å². The third-order valence-corrected chi connectivity index (χ3v) is 5.26. The van der Waals surface area contributed by atoms with Crippen LogP contribution in [0.2, 0.25) is 0 Å². The summed E-state index contributed by atoms with van der Waals surface area (Å²) < 4.78 is 11.5. The van der Waals surface area contributed by atoms with Gasteiger partial charge in [-0.15, -0.1) is 0 Å². The topological polar surface area (TPSA) is 80.2 Å². The van der Waals surface area contributed by atoms with Crippen molar-refractivity contribution in [3.05, 3.63) is 39.9 Å². The zero-order valence-corrected chi connectivity index (χ0v) is 19.0. The summed E-state index contributed by atoms with van der Waals surface area (Å²) in [5, 5.41) is 15.3. The van der Waals surface area contributed by atoms with Crippen LogP contribution in [0.25, 0.3) is 0 Å². The van der Waals surface area contributed by atoms with Gasteiger partial charge in [0.15, 0.2) is 0 Å². The molecule has 0 atom stereocenters. The molecule has 0 aliphatic carbocycles. The molecule has 0 saturated carbocycles. The number of halogens is 1. The molecule has 0 spiro atoms. The highest BCUT2D eigenvalue weighted by molar-refractivity contribution is 9.10. The minimum absolute atomic E-state index is 0.0589. The maximum atomic E-state index is 12.4. The summed E-state index contributed by atoms with van der Waals surface area (Å²) in [4.78, 5) is 12.4. The molecule has 0 aromatic heterocycles. The number of rotatable bonds is 8. The standard InChI is InChI=1S/C19H24B3BrN2O4/c1-28-17-12(20)5-10(6-13(17)21)3-4-24-19(26)16(25-27)9-11-7-14(22)18(29-2)15(23)8-11/h5-8,27H,3-4,9,20-22H2,1-2H3,(H,24,26)/b25-16-. The van der Waals surface area contributed by atoms with Crippen molar-refractivity contribution in [2.24, 2.45) is 5.16 Å². The van der Waals surface area contributed by atoms with Crippen LogP contribution in [0, 0.1) is 0 Å². The van der Waals surface area contributed by atoms with E-state index in [4.69, 9.17) is 9.47 Å². The minimum atomic E-state index is -0.390. The summed E-state index contributed by atoms with van der Waals surface area (Å²) in [6.07, 6.45) is 0.885. The number of carbonyl (C=O) groups is 1. The number of benzene rings is 2. The van der Waals surface area contributed by atoms with Gasteiger partial charge < -0.3 is 20.0 Å². The Labute approximate surface area is 182 Å². The van der Waals surface area contributed by atoms with Gasteiger partial charge in [0.05, 0.1) is 18.7 Å². The molecule has 1 amide bonds. The lowest BCUT2D eigenvalue weighted by Gasteiger charge is -2.13. The Morgan fingerprint density at radius 1 is 1.03 bits per heavy atom.